The minimum Gasteiger partial charge on any atom is -0.384 e. The van der Waals surface area contributed by atoms with E-state index in [9.17, 15) is 4.79 Å². The molecule has 3 N–H and O–H groups in total. The third-order valence-electron chi connectivity index (χ3n) is 5.12. The molecule has 0 aliphatic heterocycles. The van der Waals surface area contributed by atoms with Crippen LogP contribution in [-0.2, 0) is 6.42 Å². The summed E-state index contributed by atoms with van der Waals surface area (Å²) in [4.78, 5) is 30.6. The van der Waals surface area contributed by atoms with Gasteiger partial charge in [0.1, 0.15) is 11.6 Å². The van der Waals surface area contributed by atoms with Gasteiger partial charge in [0.05, 0.1) is 10.2 Å². The van der Waals surface area contributed by atoms with Gasteiger partial charge in [0.15, 0.2) is 17.4 Å². The van der Waals surface area contributed by atoms with Crippen molar-refractivity contribution in [3.63, 3.8) is 0 Å². The number of carbonyl (C=O) groups is 1. The molecule has 5 aromatic rings. The molecule has 4 aromatic heterocycles. The molecule has 4 heterocycles. The van der Waals surface area contributed by atoms with Crippen LogP contribution >= 0.6 is 11.3 Å². The number of anilines is 3. The van der Waals surface area contributed by atoms with Gasteiger partial charge >= 0.3 is 0 Å². The molecular formula is C25H20N6OS. The van der Waals surface area contributed by atoms with Gasteiger partial charge < -0.3 is 11.1 Å². The lowest BCUT2D eigenvalue weighted by Gasteiger charge is -2.10. The summed E-state index contributed by atoms with van der Waals surface area (Å²) in [5, 5.41) is 5.33. The summed E-state index contributed by atoms with van der Waals surface area (Å²) in [6, 6.07) is 16.9. The fourth-order valence-electron chi connectivity index (χ4n) is 3.48. The van der Waals surface area contributed by atoms with Crippen LogP contribution in [-0.4, -0.2) is 25.7 Å². The van der Waals surface area contributed by atoms with E-state index in [1.54, 1.807) is 29.7 Å². The smallest absolute Gasteiger partial charge is 0.168 e. The predicted molar refractivity (Wildman–Crippen MR) is 132 cm³/mol. The van der Waals surface area contributed by atoms with E-state index in [4.69, 9.17) is 15.7 Å². The first-order valence-electron chi connectivity index (χ1n) is 10.3. The fraction of sp³-hybridized carbons (Fsp3) is 0.0800. The molecule has 0 saturated carbocycles. The Kier molecular flexibility index (Phi) is 5.50. The predicted octanol–water partition coefficient (Wildman–Crippen LogP) is 5.21. The number of thiophene rings is 1. The summed E-state index contributed by atoms with van der Waals surface area (Å²) in [6.45, 7) is 2.02. The van der Waals surface area contributed by atoms with Crippen molar-refractivity contribution in [2.45, 2.75) is 13.3 Å². The third kappa shape index (κ3) is 4.56. The van der Waals surface area contributed by atoms with Crippen LogP contribution in [0.1, 0.15) is 21.5 Å². The number of nitrogens with two attached hydrogens (primary N) is 1. The number of pyridine rings is 2. The number of ketones is 1. The lowest BCUT2D eigenvalue weighted by molar-refractivity contribution is 0.0992. The second kappa shape index (κ2) is 8.76. The maximum Gasteiger partial charge on any atom is 0.168 e. The monoisotopic (exact) mass is 452 g/mol. The standard InChI is InChI=1S/C25H20N6OS/c1-15-7-9-27-22(11-15)30-25-23-19(8-10-33-23)29-24(31-25)17-4-2-3-16(12-17)13-20(32)18-5-6-21(26)28-14-18/h2-12,14H,13H2,1H3,(H2,26,28)(H,27,29,30,31). The number of fused-ring (bicyclic) bond motifs is 1. The second-order valence-electron chi connectivity index (χ2n) is 7.65. The first kappa shape index (κ1) is 20.7. The molecular weight excluding hydrogens is 432 g/mol. The van der Waals surface area contributed by atoms with E-state index in [2.05, 4.69) is 15.3 Å². The van der Waals surface area contributed by atoms with Gasteiger partial charge in [-0.25, -0.2) is 19.9 Å². The molecule has 0 aliphatic carbocycles. The van der Waals surface area contributed by atoms with E-state index in [1.807, 2.05) is 54.8 Å². The van der Waals surface area contributed by atoms with Crippen LogP contribution in [0.2, 0.25) is 0 Å². The normalized spacial score (nSPS) is 10.9. The van der Waals surface area contributed by atoms with Crippen LogP contribution in [0.25, 0.3) is 21.6 Å². The van der Waals surface area contributed by atoms with E-state index >= 15 is 0 Å². The molecule has 0 atom stereocenters. The van der Waals surface area contributed by atoms with E-state index in [0.29, 0.717) is 23.0 Å². The Morgan fingerprint density at radius 3 is 2.79 bits per heavy atom. The van der Waals surface area contributed by atoms with Gasteiger partial charge in [0.2, 0.25) is 0 Å². The van der Waals surface area contributed by atoms with Crippen LogP contribution in [0, 0.1) is 6.92 Å². The number of hydrogen-bond donors (Lipinski definition) is 2. The van der Waals surface area contributed by atoms with Crippen LogP contribution in [0.4, 0.5) is 17.5 Å². The van der Waals surface area contributed by atoms with Crippen molar-refractivity contribution in [3.05, 3.63) is 89.1 Å². The number of rotatable bonds is 6. The zero-order valence-electron chi connectivity index (χ0n) is 17.8. The number of benzene rings is 1. The third-order valence-corrected chi connectivity index (χ3v) is 6.03. The van der Waals surface area contributed by atoms with Gasteiger partial charge in [-0.15, -0.1) is 11.3 Å². The first-order chi connectivity index (χ1) is 16.0. The van der Waals surface area contributed by atoms with E-state index in [1.165, 1.54) is 6.20 Å². The molecule has 0 bridgehead atoms. The molecule has 0 saturated heterocycles. The topological polar surface area (TPSA) is 107 Å². The number of nitrogens with zero attached hydrogens (tertiary/aromatic N) is 4. The highest BCUT2D eigenvalue weighted by molar-refractivity contribution is 7.17. The molecule has 33 heavy (non-hydrogen) atoms. The lowest BCUT2D eigenvalue weighted by Crippen LogP contribution is -2.05. The molecule has 0 amide bonds. The lowest BCUT2D eigenvalue weighted by atomic mass is 10.0. The zero-order chi connectivity index (χ0) is 22.8. The molecule has 0 unspecified atom stereocenters. The van der Waals surface area contributed by atoms with Gasteiger partial charge in [-0.2, -0.15) is 0 Å². The van der Waals surface area contributed by atoms with Crippen molar-refractivity contribution in [1.29, 1.82) is 0 Å². The molecule has 0 radical (unpaired) electrons. The number of hydrogen-bond acceptors (Lipinski definition) is 8. The number of aromatic nitrogens is 4. The largest absolute Gasteiger partial charge is 0.384 e. The number of nitrogen functional groups attached to an aromatic ring is 1. The molecule has 0 spiro atoms. The summed E-state index contributed by atoms with van der Waals surface area (Å²) < 4.78 is 0.962. The number of Topliss-reactive ketones (excluding diaryl/α,β-unsaturated/α-hetero) is 1. The van der Waals surface area contributed by atoms with Crippen LogP contribution in [0.15, 0.2) is 72.4 Å². The van der Waals surface area contributed by atoms with E-state index in [0.717, 1.165) is 32.7 Å². The minimum atomic E-state index is -0.0262. The van der Waals surface area contributed by atoms with Crippen LogP contribution in [0.3, 0.4) is 0 Å². The average Bonchev–Trinajstić information content (AvgIpc) is 3.29. The highest BCUT2D eigenvalue weighted by Crippen LogP contribution is 2.31. The Morgan fingerprint density at radius 1 is 1.06 bits per heavy atom. The first-order valence-corrected chi connectivity index (χ1v) is 11.2. The summed E-state index contributed by atoms with van der Waals surface area (Å²) in [6.07, 6.45) is 3.52. The minimum absolute atomic E-state index is 0.0262. The van der Waals surface area contributed by atoms with Crippen molar-refractivity contribution >= 4 is 44.8 Å². The Labute approximate surface area is 194 Å². The summed E-state index contributed by atoms with van der Waals surface area (Å²) in [5.74, 6) is 2.38. The quantitative estimate of drug-likeness (QED) is 0.341. The number of nitrogens with one attached hydrogen (secondary N) is 1. The van der Waals surface area contributed by atoms with Gasteiger partial charge in [-0.3, -0.25) is 4.79 Å². The van der Waals surface area contributed by atoms with Crippen LogP contribution < -0.4 is 11.1 Å². The van der Waals surface area contributed by atoms with Crippen molar-refractivity contribution in [3.8, 4) is 11.4 Å². The Hall–Kier alpha value is -4.17. The van der Waals surface area contributed by atoms with Crippen molar-refractivity contribution in [2.24, 2.45) is 0 Å². The molecule has 8 heteroatoms. The average molecular weight is 453 g/mol. The van der Waals surface area contributed by atoms with E-state index < -0.39 is 0 Å². The van der Waals surface area contributed by atoms with Crippen LogP contribution in [0.5, 0.6) is 0 Å². The number of aryl methyl sites for hydroxylation is 1. The van der Waals surface area contributed by atoms with Crippen molar-refractivity contribution in [1.82, 2.24) is 19.9 Å². The Balaban J connectivity index is 1.46. The van der Waals surface area contributed by atoms with Crippen molar-refractivity contribution in [2.75, 3.05) is 11.1 Å². The fourth-order valence-corrected chi connectivity index (χ4v) is 4.26. The van der Waals surface area contributed by atoms with Gasteiger partial charge in [0, 0.05) is 29.9 Å². The molecule has 5 rings (SSSR count). The molecule has 0 fully saturated rings. The number of carbonyl (C=O) groups excluding carboxylic acids is 1. The molecule has 162 valence electrons. The summed E-state index contributed by atoms with van der Waals surface area (Å²) >= 11 is 1.58. The highest BCUT2D eigenvalue weighted by Gasteiger charge is 2.13. The van der Waals surface area contributed by atoms with Gasteiger partial charge in [0.25, 0.3) is 0 Å². The highest BCUT2D eigenvalue weighted by atomic mass is 32.1. The van der Waals surface area contributed by atoms with Gasteiger partial charge in [-0.05, 0) is 59.8 Å². The summed E-state index contributed by atoms with van der Waals surface area (Å²) in [5.41, 5.74) is 9.82. The van der Waals surface area contributed by atoms with Gasteiger partial charge in [-0.1, -0.05) is 18.2 Å². The maximum absolute atomic E-state index is 12.7. The maximum atomic E-state index is 12.7. The molecule has 0 aliphatic rings. The second-order valence-corrected chi connectivity index (χ2v) is 8.56. The van der Waals surface area contributed by atoms with Crippen molar-refractivity contribution < 1.29 is 4.79 Å². The SMILES string of the molecule is Cc1ccnc(Nc2nc(-c3cccc(CC(=O)c4ccc(N)nc4)c3)nc3ccsc23)c1. The molecule has 7 nitrogen and oxygen atoms in total. The Morgan fingerprint density at radius 2 is 1.97 bits per heavy atom. The van der Waals surface area contributed by atoms with E-state index in [-0.39, 0.29) is 12.2 Å². The zero-order valence-corrected chi connectivity index (χ0v) is 18.6. The Bertz CT molecular complexity index is 1460. The summed E-state index contributed by atoms with van der Waals surface area (Å²) in [7, 11) is 0. The molecule has 1 aromatic carbocycles.